The highest BCUT2D eigenvalue weighted by atomic mass is 79.9. The first kappa shape index (κ1) is 11.2. The zero-order chi connectivity index (χ0) is 9.68. The maximum Gasteiger partial charge on any atom is 0.0667 e. The zero-order valence-electron chi connectivity index (χ0n) is 7.84. The number of nitrogens with one attached hydrogen (secondary N) is 1. The quantitative estimate of drug-likeness (QED) is 0.882. The Morgan fingerprint density at radius 3 is 3.00 bits per heavy atom. The molecule has 2 nitrogen and oxygen atoms in total. The van der Waals surface area contributed by atoms with Crippen LogP contribution in [0.2, 0.25) is 0 Å². The molecule has 1 N–H and O–H groups in total. The number of ether oxygens (including phenoxy) is 1. The van der Waals surface area contributed by atoms with Crippen molar-refractivity contribution >= 4 is 27.3 Å². The molecule has 0 amide bonds. The summed E-state index contributed by atoms with van der Waals surface area (Å²) in [5.74, 6) is 0. The van der Waals surface area contributed by atoms with Crippen molar-refractivity contribution < 1.29 is 4.74 Å². The summed E-state index contributed by atoms with van der Waals surface area (Å²) in [6.45, 7) is 3.85. The molecule has 1 aromatic rings. The first-order valence-electron chi connectivity index (χ1n) is 4.19. The standard InChI is InChI=1S/C9H14BrNOS/c1-7(12-2)5-11-6-9-8(10)3-4-13-9/h3-4,7,11H,5-6H2,1-2H3. The monoisotopic (exact) mass is 263 g/mol. The number of thiophene rings is 1. The van der Waals surface area contributed by atoms with Crippen LogP contribution in [0.15, 0.2) is 15.9 Å². The summed E-state index contributed by atoms with van der Waals surface area (Å²) in [5.41, 5.74) is 0. The van der Waals surface area contributed by atoms with Gasteiger partial charge in [0.25, 0.3) is 0 Å². The number of rotatable bonds is 5. The molecule has 0 saturated heterocycles. The van der Waals surface area contributed by atoms with E-state index in [0.29, 0.717) is 0 Å². The molecular formula is C9H14BrNOS. The molecule has 4 heteroatoms. The lowest BCUT2D eigenvalue weighted by Gasteiger charge is -2.09. The fourth-order valence-electron chi connectivity index (χ4n) is 0.924. The average molecular weight is 264 g/mol. The van der Waals surface area contributed by atoms with Gasteiger partial charge in [-0.2, -0.15) is 0 Å². The van der Waals surface area contributed by atoms with Crippen LogP contribution < -0.4 is 5.32 Å². The molecule has 0 aliphatic heterocycles. The van der Waals surface area contributed by atoms with Crippen LogP contribution in [-0.2, 0) is 11.3 Å². The van der Waals surface area contributed by atoms with Crippen molar-refractivity contribution in [3.63, 3.8) is 0 Å². The van der Waals surface area contributed by atoms with Gasteiger partial charge in [0.15, 0.2) is 0 Å². The molecule has 0 saturated carbocycles. The van der Waals surface area contributed by atoms with E-state index in [1.807, 2.05) is 0 Å². The molecule has 1 atom stereocenters. The van der Waals surface area contributed by atoms with Crippen molar-refractivity contribution in [3.8, 4) is 0 Å². The van der Waals surface area contributed by atoms with Crippen LogP contribution in [0.25, 0.3) is 0 Å². The van der Waals surface area contributed by atoms with Crippen LogP contribution >= 0.6 is 27.3 Å². The van der Waals surface area contributed by atoms with Gasteiger partial charge in [0.1, 0.15) is 0 Å². The SMILES string of the molecule is COC(C)CNCc1sccc1Br. The van der Waals surface area contributed by atoms with E-state index in [4.69, 9.17) is 4.74 Å². The first-order chi connectivity index (χ1) is 6.24. The highest BCUT2D eigenvalue weighted by molar-refractivity contribution is 9.10. The fourth-order valence-corrected chi connectivity index (χ4v) is 2.39. The summed E-state index contributed by atoms with van der Waals surface area (Å²) in [7, 11) is 1.73. The van der Waals surface area contributed by atoms with Gasteiger partial charge in [0.2, 0.25) is 0 Å². The van der Waals surface area contributed by atoms with Crippen LogP contribution in [0.4, 0.5) is 0 Å². The van der Waals surface area contributed by atoms with Crippen molar-refractivity contribution in [2.45, 2.75) is 19.6 Å². The van der Waals surface area contributed by atoms with Crippen molar-refractivity contribution in [3.05, 3.63) is 20.8 Å². The molecule has 1 unspecified atom stereocenters. The fraction of sp³-hybridized carbons (Fsp3) is 0.556. The topological polar surface area (TPSA) is 21.3 Å². The third kappa shape index (κ3) is 3.77. The van der Waals surface area contributed by atoms with E-state index in [2.05, 4.69) is 39.6 Å². The molecule has 1 aromatic heterocycles. The van der Waals surface area contributed by atoms with Gasteiger partial charge in [0.05, 0.1) is 6.10 Å². The molecule has 1 heterocycles. The zero-order valence-corrected chi connectivity index (χ0v) is 10.2. The maximum absolute atomic E-state index is 5.13. The Balaban J connectivity index is 2.24. The summed E-state index contributed by atoms with van der Waals surface area (Å²) in [6.07, 6.45) is 0.277. The van der Waals surface area contributed by atoms with Crippen LogP contribution in [0.1, 0.15) is 11.8 Å². The minimum atomic E-state index is 0.277. The summed E-state index contributed by atoms with van der Waals surface area (Å²) < 4.78 is 6.32. The Morgan fingerprint density at radius 2 is 2.46 bits per heavy atom. The normalized spacial score (nSPS) is 13.2. The van der Waals surface area contributed by atoms with Gasteiger partial charge in [0, 0.05) is 29.5 Å². The molecule has 0 fully saturated rings. The predicted octanol–water partition coefficient (Wildman–Crippen LogP) is 2.64. The second kappa shape index (κ2) is 5.75. The largest absolute Gasteiger partial charge is 0.380 e. The van der Waals surface area contributed by atoms with E-state index in [1.165, 1.54) is 9.35 Å². The molecule has 0 radical (unpaired) electrons. The smallest absolute Gasteiger partial charge is 0.0667 e. The van der Waals surface area contributed by atoms with Crippen molar-refractivity contribution in [1.29, 1.82) is 0 Å². The minimum Gasteiger partial charge on any atom is -0.380 e. The average Bonchev–Trinajstić information content (AvgIpc) is 2.52. The van der Waals surface area contributed by atoms with Gasteiger partial charge in [-0.25, -0.2) is 0 Å². The molecule has 13 heavy (non-hydrogen) atoms. The second-order valence-corrected chi connectivity index (χ2v) is 4.72. The van der Waals surface area contributed by atoms with E-state index in [1.54, 1.807) is 18.4 Å². The Bertz CT molecular complexity index is 252. The molecule has 0 aliphatic rings. The van der Waals surface area contributed by atoms with E-state index in [9.17, 15) is 0 Å². The molecule has 0 spiro atoms. The Labute approximate surface area is 91.4 Å². The summed E-state index contributed by atoms with van der Waals surface area (Å²) in [6, 6.07) is 2.07. The highest BCUT2D eigenvalue weighted by Gasteiger charge is 2.02. The molecule has 0 aromatic carbocycles. The Hall–Kier alpha value is 0.100. The lowest BCUT2D eigenvalue weighted by atomic mass is 10.4. The van der Waals surface area contributed by atoms with E-state index < -0.39 is 0 Å². The third-order valence-electron chi connectivity index (χ3n) is 1.81. The first-order valence-corrected chi connectivity index (χ1v) is 5.86. The number of hydrogen-bond donors (Lipinski definition) is 1. The van der Waals surface area contributed by atoms with E-state index in [0.717, 1.165) is 13.1 Å². The van der Waals surface area contributed by atoms with Crippen LogP contribution in [-0.4, -0.2) is 19.8 Å². The number of methoxy groups -OCH3 is 1. The van der Waals surface area contributed by atoms with Gasteiger partial charge in [-0.1, -0.05) is 0 Å². The third-order valence-corrected chi connectivity index (χ3v) is 3.74. The number of hydrogen-bond acceptors (Lipinski definition) is 3. The van der Waals surface area contributed by atoms with Crippen LogP contribution in [0.3, 0.4) is 0 Å². The van der Waals surface area contributed by atoms with Crippen LogP contribution in [0.5, 0.6) is 0 Å². The lowest BCUT2D eigenvalue weighted by molar-refractivity contribution is 0.117. The molecule has 1 rings (SSSR count). The second-order valence-electron chi connectivity index (χ2n) is 2.87. The van der Waals surface area contributed by atoms with Crippen molar-refractivity contribution in [1.82, 2.24) is 5.32 Å². The summed E-state index contributed by atoms with van der Waals surface area (Å²) in [4.78, 5) is 1.34. The predicted molar refractivity (Wildman–Crippen MR) is 60.2 cm³/mol. The van der Waals surface area contributed by atoms with Gasteiger partial charge >= 0.3 is 0 Å². The van der Waals surface area contributed by atoms with Crippen molar-refractivity contribution in [2.24, 2.45) is 0 Å². The Morgan fingerprint density at radius 1 is 1.69 bits per heavy atom. The van der Waals surface area contributed by atoms with Gasteiger partial charge < -0.3 is 10.1 Å². The highest BCUT2D eigenvalue weighted by Crippen LogP contribution is 2.21. The number of halogens is 1. The van der Waals surface area contributed by atoms with Gasteiger partial charge in [-0.15, -0.1) is 11.3 Å². The minimum absolute atomic E-state index is 0.277. The maximum atomic E-state index is 5.13. The summed E-state index contributed by atoms with van der Waals surface area (Å²) >= 11 is 5.25. The van der Waals surface area contributed by atoms with Crippen molar-refractivity contribution in [2.75, 3.05) is 13.7 Å². The Kier molecular flexibility index (Phi) is 4.94. The molecule has 0 aliphatic carbocycles. The van der Waals surface area contributed by atoms with E-state index >= 15 is 0 Å². The lowest BCUT2D eigenvalue weighted by Crippen LogP contribution is -2.25. The van der Waals surface area contributed by atoms with Gasteiger partial charge in [-0.3, -0.25) is 0 Å². The van der Waals surface area contributed by atoms with Crippen LogP contribution in [0, 0.1) is 0 Å². The molecule has 74 valence electrons. The molecular weight excluding hydrogens is 250 g/mol. The summed E-state index contributed by atoms with van der Waals surface area (Å²) in [5, 5.41) is 5.42. The molecule has 0 bridgehead atoms. The van der Waals surface area contributed by atoms with E-state index in [-0.39, 0.29) is 6.10 Å². The van der Waals surface area contributed by atoms with Gasteiger partial charge in [-0.05, 0) is 34.3 Å².